The number of rotatable bonds is 10. The molecule has 4 aliphatic heterocycles. The maximum atomic E-state index is 13.3. The fourth-order valence-corrected chi connectivity index (χ4v) is 3.35. The molecule has 1 aromatic rings. The molecule has 4 unspecified atom stereocenters. The van der Waals surface area contributed by atoms with E-state index in [9.17, 15) is 9.59 Å². The van der Waals surface area contributed by atoms with Crippen molar-refractivity contribution in [1.29, 1.82) is 0 Å². The minimum Gasteiger partial charge on any atom is -0.371 e. The van der Waals surface area contributed by atoms with Gasteiger partial charge in [-0.15, -0.1) is 0 Å². The average molecular weight is 388 g/mol. The van der Waals surface area contributed by atoms with Gasteiger partial charge in [-0.1, -0.05) is 12.1 Å². The Hall–Kier alpha value is -2.00. The molecule has 8 nitrogen and oxygen atoms in total. The van der Waals surface area contributed by atoms with Gasteiger partial charge in [0.2, 0.25) is 0 Å². The SMILES string of the molecule is O=C(c1ccccc1C(=O)N(CC1CO1)CC1CO1)N(CC1CO1)CC1CO1. The summed E-state index contributed by atoms with van der Waals surface area (Å²) in [6, 6.07) is 7.04. The molecule has 0 aromatic heterocycles. The number of amides is 2. The molecule has 0 aliphatic carbocycles. The van der Waals surface area contributed by atoms with Crippen molar-refractivity contribution < 1.29 is 28.5 Å². The molecule has 2 amide bonds. The molecule has 4 aliphatic rings. The fraction of sp³-hybridized carbons (Fsp3) is 0.600. The van der Waals surface area contributed by atoms with Crippen LogP contribution in [-0.2, 0) is 18.9 Å². The van der Waals surface area contributed by atoms with Gasteiger partial charge in [-0.05, 0) is 12.1 Å². The number of hydrogen-bond donors (Lipinski definition) is 0. The molecule has 0 radical (unpaired) electrons. The molecule has 0 N–H and O–H groups in total. The van der Waals surface area contributed by atoms with E-state index < -0.39 is 0 Å². The number of benzene rings is 1. The van der Waals surface area contributed by atoms with Gasteiger partial charge in [0.25, 0.3) is 11.8 Å². The summed E-state index contributed by atoms with van der Waals surface area (Å²) in [4.78, 5) is 30.1. The number of ether oxygens (including phenoxy) is 4. The number of nitrogens with zero attached hydrogens (tertiary/aromatic N) is 2. The summed E-state index contributed by atoms with van der Waals surface area (Å²) in [6.07, 6.45) is 0.337. The van der Waals surface area contributed by atoms with E-state index in [1.54, 1.807) is 34.1 Å². The minimum absolute atomic E-state index is 0.0843. The van der Waals surface area contributed by atoms with Crippen molar-refractivity contribution in [2.75, 3.05) is 52.6 Å². The molecule has 0 saturated carbocycles. The second kappa shape index (κ2) is 7.44. The highest BCUT2D eigenvalue weighted by Crippen LogP contribution is 2.23. The third-order valence-electron chi connectivity index (χ3n) is 5.27. The van der Waals surface area contributed by atoms with E-state index in [4.69, 9.17) is 18.9 Å². The van der Waals surface area contributed by atoms with Crippen molar-refractivity contribution in [2.24, 2.45) is 0 Å². The van der Waals surface area contributed by atoms with Crippen molar-refractivity contribution in [3.05, 3.63) is 35.4 Å². The lowest BCUT2D eigenvalue weighted by molar-refractivity contribution is 0.0691. The lowest BCUT2D eigenvalue weighted by atomic mass is 10.0. The quantitative estimate of drug-likeness (QED) is 0.531. The highest BCUT2D eigenvalue weighted by molar-refractivity contribution is 6.07. The van der Waals surface area contributed by atoms with E-state index in [1.807, 2.05) is 0 Å². The van der Waals surface area contributed by atoms with Gasteiger partial charge in [0, 0.05) is 26.2 Å². The third-order valence-corrected chi connectivity index (χ3v) is 5.27. The van der Waals surface area contributed by atoms with Gasteiger partial charge < -0.3 is 28.7 Å². The molecular weight excluding hydrogens is 364 g/mol. The third kappa shape index (κ3) is 4.52. The molecule has 1 aromatic carbocycles. The van der Waals surface area contributed by atoms with Crippen LogP contribution in [0.25, 0.3) is 0 Å². The summed E-state index contributed by atoms with van der Waals surface area (Å²) in [6.45, 7) is 4.79. The zero-order valence-electron chi connectivity index (χ0n) is 15.6. The predicted octanol–water partition coefficient (Wildman–Crippen LogP) is 0.166. The van der Waals surface area contributed by atoms with E-state index in [2.05, 4.69) is 0 Å². The predicted molar refractivity (Wildman–Crippen MR) is 97.2 cm³/mol. The topological polar surface area (TPSA) is 90.7 Å². The van der Waals surface area contributed by atoms with Crippen LogP contribution in [0.4, 0.5) is 0 Å². The molecule has 0 bridgehead atoms. The molecular formula is C20H24N2O6. The lowest BCUT2D eigenvalue weighted by Crippen LogP contribution is -2.40. The van der Waals surface area contributed by atoms with Crippen LogP contribution in [0.2, 0.25) is 0 Å². The second-order valence-electron chi connectivity index (χ2n) is 7.79. The first-order valence-electron chi connectivity index (χ1n) is 9.81. The molecule has 0 spiro atoms. The van der Waals surface area contributed by atoms with Crippen molar-refractivity contribution in [3.63, 3.8) is 0 Å². The monoisotopic (exact) mass is 388 g/mol. The maximum absolute atomic E-state index is 13.3. The first-order valence-corrected chi connectivity index (χ1v) is 9.81. The van der Waals surface area contributed by atoms with E-state index in [0.717, 1.165) is 0 Å². The fourth-order valence-electron chi connectivity index (χ4n) is 3.35. The average Bonchev–Trinajstić information content (AvgIpc) is 3.56. The number of epoxide rings is 4. The zero-order chi connectivity index (χ0) is 19.1. The highest BCUT2D eigenvalue weighted by Gasteiger charge is 2.37. The van der Waals surface area contributed by atoms with Crippen LogP contribution in [0, 0.1) is 0 Å². The Balaban J connectivity index is 1.36. The largest absolute Gasteiger partial charge is 0.371 e. The minimum atomic E-state index is -0.153. The smallest absolute Gasteiger partial charge is 0.254 e. The van der Waals surface area contributed by atoms with Crippen molar-refractivity contribution >= 4 is 11.8 Å². The lowest BCUT2D eigenvalue weighted by Gasteiger charge is -2.25. The Morgan fingerprint density at radius 3 is 1.21 bits per heavy atom. The molecule has 8 heteroatoms. The van der Waals surface area contributed by atoms with E-state index in [-0.39, 0.29) is 36.2 Å². The van der Waals surface area contributed by atoms with Crippen molar-refractivity contribution in [1.82, 2.24) is 9.80 Å². The Bertz CT molecular complexity index is 664. The van der Waals surface area contributed by atoms with Gasteiger partial charge in [0.05, 0.1) is 62.0 Å². The molecule has 150 valence electrons. The summed E-state index contributed by atoms with van der Waals surface area (Å²) < 4.78 is 21.2. The van der Waals surface area contributed by atoms with Crippen LogP contribution in [0.15, 0.2) is 24.3 Å². The van der Waals surface area contributed by atoms with Gasteiger partial charge >= 0.3 is 0 Å². The van der Waals surface area contributed by atoms with Gasteiger partial charge in [-0.25, -0.2) is 0 Å². The molecule has 28 heavy (non-hydrogen) atoms. The van der Waals surface area contributed by atoms with Crippen molar-refractivity contribution in [2.45, 2.75) is 24.4 Å². The molecule has 4 atom stereocenters. The Morgan fingerprint density at radius 2 is 0.964 bits per heavy atom. The maximum Gasteiger partial charge on any atom is 0.254 e. The second-order valence-corrected chi connectivity index (χ2v) is 7.79. The summed E-state index contributed by atoms with van der Waals surface area (Å²) in [5.74, 6) is -0.305. The van der Waals surface area contributed by atoms with E-state index in [0.29, 0.717) is 63.7 Å². The van der Waals surface area contributed by atoms with Crippen LogP contribution in [0.1, 0.15) is 20.7 Å². The van der Waals surface area contributed by atoms with Gasteiger partial charge in [-0.2, -0.15) is 0 Å². The summed E-state index contributed by atoms with van der Waals surface area (Å²) in [5, 5.41) is 0. The number of carbonyl (C=O) groups is 2. The van der Waals surface area contributed by atoms with E-state index in [1.165, 1.54) is 0 Å². The summed E-state index contributed by atoms with van der Waals surface area (Å²) in [5.41, 5.74) is 0.847. The number of carbonyl (C=O) groups excluding carboxylic acids is 2. The van der Waals surface area contributed by atoms with Gasteiger partial charge in [0.1, 0.15) is 0 Å². The molecule has 4 heterocycles. The van der Waals surface area contributed by atoms with Crippen LogP contribution in [-0.4, -0.2) is 98.6 Å². The summed E-state index contributed by atoms with van der Waals surface area (Å²) in [7, 11) is 0. The normalized spacial score (nSPS) is 29.1. The highest BCUT2D eigenvalue weighted by atomic mass is 16.6. The standard InChI is InChI=1S/C20H24N2O6/c23-19(21(5-13-9-25-13)6-14-10-26-14)17-3-1-2-4-18(17)20(24)22(7-15-11-27-15)8-16-12-28-16/h1-4,13-16H,5-12H2. The van der Waals surface area contributed by atoms with Gasteiger partial charge in [-0.3, -0.25) is 9.59 Å². The summed E-state index contributed by atoms with van der Waals surface area (Å²) >= 11 is 0. The van der Waals surface area contributed by atoms with E-state index >= 15 is 0 Å². The molecule has 4 saturated heterocycles. The Kier molecular flexibility index (Phi) is 4.80. The zero-order valence-corrected chi connectivity index (χ0v) is 15.6. The first-order chi connectivity index (χ1) is 13.7. The Labute approximate surface area is 163 Å². The molecule has 5 rings (SSSR count). The van der Waals surface area contributed by atoms with Crippen LogP contribution < -0.4 is 0 Å². The first kappa shape index (κ1) is 18.1. The van der Waals surface area contributed by atoms with Crippen LogP contribution in [0.5, 0.6) is 0 Å². The van der Waals surface area contributed by atoms with Crippen molar-refractivity contribution in [3.8, 4) is 0 Å². The van der Waals surface area contributed by atoms with Crippen LogP contribution in [0.3, 0.4) is 0 Å². The number of hydrogen-bond acceptors (Lipinski definition) is 6. The Morgan fingerprint density at radius 1 is 0.679 bits per heavy atom. The molecule has 4 fully saturated rings. The van der Waals surface area contributed by atoms with Gasteiger partial charge in [0.15, 0.2) is 0 Å². The van der Waals surface area contributed by atoms with Crippen LogP contribution >= 0.6 is 0 Å².